The number of hydrogen-bond acceptors (Lipinski definition) is 2. The largest absolute Gasteiger partial charge is 0.378 e. The van der Waals surface area contributed by atoms with Crippen molar-refractivity contribution >= 4 is 34.2 Å². The van der Waals surface area contributed by atoms with Crippen LogP contribution in [0.1, 0.15) is 11.7 Å². The first-order valence-electron chi connectivity index (χ1n) is 5.47. The molecule has 0 radical (unpaired) electrons. The minimum atomic E-state index is -1.15. The summed E-state index contributed by atoms with van der Waals surface area (Å²) in [6, 6.07) is 16.3. The minimum absolute atomic E-state index is 0.426. The molecule has 1 unspecified atom stereocenters. The van der Waals surface area contributed by atoms with Crippen LogP contribution in [0.25, 0.3) is 0 Å². The summed E-state index contributed by atoms with van der Waals surface area (Å²) in [5, 5.41) is 12.6. The maximum absolute atomic E-state index is 11.9. The number of carbonyl (C=O) groups is 1. The van der Waals surface area contributed by atoms with Crippen LogP contribution >= 0.6 is 22.6 Å². The third kappa shape index (κ3) is 3.08. The molecule has 0 aliphatic carbocycles. The minimum Gasteiger partial charge on any atom is -0.378 e. The Morgan fingerprint density at radius 1 is 1.06 bits per heavy atom. The van der Waals surface area contributed by atoms with E-state index in [2.05, 4.69) is 27.9 Å². The average molecular weight is 353 g/mol. The summed E-state index contributed by atoms with van der Waals surface area (Å²) < 4.78 is 0.934. The number of halogens is 1. The fraction of sp³-hybridized carbons (Fsp3) is 0.0714. The van der Waals surface area contributed by atoms with Gasteiger partial charge >= 0.3 is 0 Å². The topological polar surface area (TPSA) is 49.3 Å². The van der Waals surface area contributed by atoms with Gasteiger partial charge in [-0.1, -0.05) is 42.5 Å². The Hall–Kier alpha value is -1.40. The van der Waals surface area contributed by atoms with Crippen molar-refractivity contribution in [2.24, 2.45) is 0 Å². The van der Waals surface area contributed by atoms with Crippen molar-refractivity contribution < 1.29 is 9.90 Å². The molecule has 0 aliphatic rings. The predicted molar refractivity (Wildman–Crippen MR) is 79.2 cm³/mol. The number of anilines is 1. The molecule has 3 nitrogen and oxygen atoms in total. The second kappa shape index (κ2) is 5.97. The van der Waals surface area contributed by atoms with Gasteiger partial charge in [-0.25, -0.2) is 0 Å². The van der Waals surface area contributed by atoms with Crippen LogP contribution in [-0.2, 0) is 4.79 Å². The summed E-state index contributed by atoms with van der Waals surface area (Å²) in [7, 11) is 0. The SMILES string of the molecule is O=C(Nc1ccccc1I)C(O)c1ccccc1. The van der Waals surface area contributed by atoms with Crippen molar-refractivity contribution in [1.29, 1.82) is 0 Å². The molecule has 2 aromatic carbocycles. The summed E-state index contributed by atoms with van der Waals surface area (Å²) in [5.41, 5.74) is 1.29. The van der Waals surface area contributed by atoms with Crippen LogP contribution in [0.5, 0.6) is 0 Å². The van der Waals surface area contributed by atoms with Gasteiger partial charge in [-0.15, -0.1) is 0 Å². The third-order valence-electron chi connectivity index (χ3n) is 2.50. The molecule has 1 atom stereocenters. The molecule has 4 heteroatoms. The lowest BCUT2D eigenvalue weighted by molar-refractivity contribution is -0.124. The van der Waals surface area contributed by atoms with Gasteiger partial charge in [-0.2, -0.15) is 0 Å². The number of aliphatic hydroxyl groups is 1. The molecule has 0 saturated heterocycles. The molecule has 2 N–H and O–H groups in total. The van der Waals surface area contributed by atoms with Gasteiger partial charge in [-0.05, 0) is 40.3 Å². The first-order chi connectivity index (χ1) is 8.68. The van der Waals surface area contributed by atoms with E-state index >= 15 is 0 Å². The van der Waals surface area contributed by atoms with Crippen LogP contribution in [0.3, 0.4) is 0 Å². The van der Waals surface area contributed by atoms with E-state index in [1.807, 2.05) is 24.3 Å². The van der Waals surface area contributed by atoms with E-state index in [9.17, 15) is 9.90 Å². The Morgan fingerprint density at radius 2 is 1.67 bits per heavy atom. The Kier molecular flexibility index (Phi) is 4.33. The zero-order chi connectivity index (χ0) is 13.0. The molecule has 2 aromatic rings. The van der Waals surface area contributed by atoms with Gasteiger partial charge in [0.05, 0.1) is 5.69 Å². The molecular formula is C14H12INO2. The first kappa shape index (κ1) is 13.0. The highest BCUT2D eigenvalue weighted by atomic mass is 127. The molecule has 0 bridgehead atoms. The standard InChI is InChI=1S/C14H12INO2/c15-11-8-4-5-9-12(11)16-14(18)13(17)10-6-2-1-3-7-10/h1-9,13,17H,(H,16,18). The first-order valence-corrected chi connectivity index (χ1v) is 6.55. The predicted octanol–water partition coefficient (Wildman–Crippen LogP) is 2.96. The lowest BCUT2D eigenvalue weighted by Gasteiger charge is -2.12. The second-order valence-electron chi connectivity index (χ2n) is 3.78. The van der Waals surface area contributed by atoms with E-state index in [-0.39, 0.29) is 0 Å². The lowest BCUT2D eigenvalue weighted by Crippen LogP contribution is -2.21. The van der Waals surface area contributed by atoms with Gasteiger partial charge in [0.15, 0.2) is 6.10 Å². The maximum atomic E-state index is 11.9. The van der Waals surface area contributed by atoms with Crippen LogP contribution in [0.2, 0.25) is 0 Å². The highest BCUT2D eigenvalue weighted by molar-refractivity contribution is 14.1. The van der Waals surface area contributed by atoms with Crippen molar-refractivity contribution in [2.75, 3.05) is 5.32 Å². The van der Waals surface area contributed by atoms with Gasteiger partial charge in [0, 0.05) is 3.57 Å². The molecule has 0 saturated carbocycles. The van der Waals surface area contributed by atoms with Gasteiger partial charge in [0.25, 0.3) is 5.91 Å². The van der Waals surface area contributed by atoms with E-state index in [1.165, 1.54) is 0 Å². The zero-order valence-corrected chi connectivity index (χ0v) is 11.7. The molecule has 92 valence electrons. The highest BCUT2D eigenvalue weighted by Crippen LogP contribution is 2.20. The fourth-order valence-corrected chi connectivity index (χ4v) is 2.07. The molecule has 0 fully saturated rings. The van der Waals surface area contributed by atoms with Crippen LogP contribution in [0.4, 0.5) is 5.69 Å². The Labute approximate surface area is 119 Å². The van der Waals surface area contributed by atoms with Crippen molar-refractivity contribution in [3.8, 4) is 0 Å². The number of nitrogens with one attached hydrogen (secondary N) is 1. The molecule has 18 heavy (non-hydrogen) atoms. The zero-order valence-electron chi connectivity index (χ0n) is 9.51. The Bertz CT molecular complexity index is 543. The normalized spacial score (nSPS) is 11.9. The molecule has 0 aromatic heterocycles. The molecule has 1 amide bonds. The van der Waals surface area contributed by atoms with Crippen molar-refractivity contribution in [3.63, 3.8) is 0 Å². The number of benzene rings is 2. The van der Waals surface area contributed by atoms with Crippen LogP contribution in [0, 0.1) is 3.57 Å². The number of amides is 1. The van der Waals surface area contributed by atoms with Gasteiger partial charge in [-0.3, -0.25) is 4.79 Å². The van der Waals surface area contributed by atoms with Crippen LogP contribution < -0.4 is 5.32 Å². The molecule has 0 spiro atoms. The quantitative estimate of drug-likeness (QED) is 0.834. The number of hydrogen-bond donors (Lipinski definition) is 2. The summed E-state index contributed by atoms with van der Waals surface area (Å²) in [4.78, 5) is 11.9. The second-order valence-corrected chi connectivity index (χ2v) is 4.94. The lowest BCUT2D eigenvalue weighted by atomic mass is 10.1. The van der Waals surface area contributed by atoms with E-state index in [0.29, 0.717) is 11.3 Å². The van der Waals surface area contributed by atoms with Crippen molar-refractivity contribution in [3.05, 3.63) is 63.7 Å². The van der Waals surface area contributed by atoms with Gasteiger partial charge < -0.3 is 10.4 Å². The molecular weight excluding hydrogens is 341 g/mol. The number of aliphatic hydroxyl groups excluding tert-OH is 1. The average Bonchev–Trinajstić information content (AvgIpc) is 2.41. The van der Waals surface area contributed by atoms with Gasteiger partial charge in [0.1, 0.15) is 0 Å². The van der Waals surface area contributed by atoms with Crippen LogP contribution in [-0.4, -0.2) is 11.0 Å². The fourth-order valence-electron chi connectivity index (χ4n) is 1.55. The maximum Gasteiger partial charge on any atom is 0.257 e. The highest BCUT2D eigenvalue weighted by Gasteiger charge is 2.17. The Balaban J connectivity index is 2.12. The third-order valence-corrected chi connectivity index (χ3v) is 3.44. The molecule has 0 aliphatic heterocycles. The van der Waals surface area contributed by atoms with E-state index in [0.717, 1.165) is 3.57 Å². The summed E-state index contributed by atoms with van der Waals surface area (Å²) >= 11 is 2.14. The number of rotatable bonds is 3. The summed E-state index contributed by atoms with van der Waals surface area (Å²) in [5.74, 6) is -0.426. The Morgan fingerprint density at radius 3 is 2.33 bits per heavy atom. The molecule has 0 heterocycles. The van der Waals surface area contributed by atoms with Gasteiger partial charge in [0.2, 0.25) is 0 Å². The van der Waals surface area contributed by atoms with E-state index in [4.69, 9.17) is 0 Å². The monoisotopic (exact) mass is 353 g/mol. The van der Waals surface area contributed by atoms with E-state index < -0.39 is 12.0 Å². The summed E-state index contributed by atoms with van der Waals surface area (Å²) in [6.45, 7) is 0. The number of carbonyl (C=O) groups excluding carboxylic acids is 1. The van der Waals surface area contributed by atoms with Crippen molar-refractivity contribution in [2.45, 2.75) is 6.10 Å². The van der Waals surface area contributed by atoms with Crippen LogP contribution in [0.15, 0.2) is 54.6 Å². The smallest absolute Gasteiger partial charge is 0.257 e. The van der Waals surface area contributed by atoms with E-state index in [1.54, 1.807) is 30.3 Å². The summed E-state index contributed by atoms with van der Waals surface area (Å²) in [6.07, 6.45) is -1.15. The van der Waals surface area contributed by atoms with Crippen molar-refractivity contribution in [1.82, 2.24) is 0 Å². The molecule has 2 rings (SSSR count). The number of para-hydroxylation sites is 1.